The Labute approximate surface area is 95.1 Å². The van der Waals surface area contributed by atoms with Crippen molar-refractivity contribution in [3.05, 3.63) is 34.7 Å². The van der Waals surface area contributed by atoms with E-state index < -0.39 is 0 Å². The first-order valence-electron chi connectivity index (χ1n) is 5.34. The molecule has 1 unspecified atom stereocenters. The summed E-state index contributed by atoms with van der Waals surface area (Å²) in [5, 5.41) is 7.01. The smallest absolute Gasteiger partial charge is 0.0345 e. The van der Waals surface area contributed by atoms with Crippen LogP contribution in [-0.2, 0) is 6.42 Å². The van der Waals surface area contributed by atoms with Gasteiger partial charge in [-0.05, 0) is 49.7 Å². The fraction of sp³-hybridized carbons (Fsp3) is 0.385. The lowest BCUT2D eigenvalue weighted by molar-refractivity contribution is 0.611. The lowest BCUT2D eigenvalue weighted by Crippen LogP contribution is -2.23. The van der Waals surface area contributed by atoms with Gasteiger partial charge >= 0.3 is 0 Å². The Kier molecular flexibility index (Phi) is 3.08. The van der Waals surface area contributed by atoms with Crippen LogP contribution in [0.4, 0.5) is 0 Å². The molecule has 0 aliphatic heterocycles. The highest BCUT2D eigenvalue weighted by molar-refractivity contribution is 7.17. The molecule has 2 heteroatoms. The summed E-state index contributed by atoms with van der Waals surface area (Å²) in [5.41, 5.74) is 2.82. The van der Waals surface area contributed by atoms with Crippen LogP contribution in [0.5, 0.6) is 0 Å². The summed E-state index contributed by atoms with van der Waals surface area (Å²) < 4.78 is 1.40. The fourth-order valence-electron chi connectivity index (χ4n) is 1.79. The molecule has 0 aliphatic carbocycles. The van der Waals surface area contributed by atoms with E-state index in [1.54, 1.807) is 0 Å². The third-order valence-corrected chi connectivity index (χ3v) is 3.84. The summed E-state index contributed by atoms with van der Waals surface area (Å²) in [5.74, 6) is 0. The topological polar surface area (TPSA) is 12.0 Å². The SMILES string of the molecule is CNC(C)Cc1csc2ccc(C)cc12. The summed E-state index contributed by atoms with van der Waals surface area (Å²) >= 11 is 1.85. The molecule has 0 amide bonds. The minimum Gasteiger partial charge on any atom is -0.317 e. The van der Waals surface area contributed by atoms with E-state index in [0.717, 1.165) is 6.42 Å². The van der Waals surface area contributed by atoms with E-state index in [1.807, 2.05) is 18.4 Å². The zero-order valence-corrected chi connectivity index (χ0v) is 10.3. The van der Waals surface area contributed by atoms with Crippen molar-refractivity contribution in [1.82, 2.24) is 5.32 Å². The van der Waals surface area contributed by atoms with E-state index in [0.29, 0.717) is 6.04 Å². The molecule has 0 aliphatic rings. The number of aryl methyl sites for hydroxylation is 1. The second kappa shape index (κ2) is 4.33. The van der Waals surface area contributed by atoms with Gasteiger partial charge in [0, 0.05) is 10.7 Å². The van der Waals surface area contributed by atoms with Crippen LogP contribution in [0.15, 0.2) is 23.6 Å². The van der Waals surface area contributed by atoms with Crippen LogP contribution < -0.4 is 5.32 Å². The molecule has 1 aromatic heterocycles. The van der Waals surface area contributed by atoms with Gasteiger partial charge in [-0.25, -0.2) is 0 Å². The minimum atomic E-state index is 0.545. The van der Waals surface area contributed by atoms with Gasteiger partial charge in [0.1, 0.15) is 0 Å². The van der Waals surface area contributed by atoms with Crippen LogP contribution in [0.3, 0.4) is 0 Å². The lowest BCUT2D eigenvalue weighted by Gasteiger charge is -2.08. The molecule has 1 heterocycles. The highest BCUT2D eigenvalue weighted by Crippen LogP contribution is 2.27. The second-order valence-corrected chi connectivity index (χ2v) is 5.07. The summed E-state index contributed by atoms with van der Waals surface area (Å²) in [6, 6.07) is 7.25. The van der Waals surface area contributed by atoms with Crippen molar-refractivity contribution in [2.75, 3.05) is 7.05 Å². The Bertz CT molecular complexity index is 459. The molecule has 1 atom stereocenters. The quantitative estimate of drug-likeness (QED) is 0.834. The molecule has 2 aromatic rings. The van der Waals surface area contributed by atoms with Gasteiger partial charge in [0.25, 0.3) is 0 Å². The van der Waals surface area contributed by atoms with Gasteiger partial charge in [-0.1, -0.05) is 17.7 Å². The van der Waals surface area contributed by atoms with Gasteiger partial charge < -0.3 is 5.32 Å². The zero-order valence-electron chi connectivity index (χ0n) is 9.50. The Balaban J connectivity index is 2.39. The van der Waals surface area contributed by atoms with Crippen molar-refractivity contribution in [1.29, 1.82) is 0 Å². The predicted octanol–water partition coefficient (Wildman–Crippen LogP) is 3.36. The Hall–Kier alpha value is -0.860. The molecule has 0 bridgehead atoms. The summed E-state index contributed by atoms with van der Waals surface area (Å²) in [4.78, 5) is 0. The van der Waals surface area contributed by atoms with E-state index in [-0.39, 0.29) is 0 Å². The van der Waals surface area contributed by atoms with Crippen LogP contribution in [0.2, 0.25) is 0 Å². The number of fused-ring (bicyclic) bond motifs is 1. The highest BCUT2D eigenvalue weighted by atomic mass is 32.1. The van der Waals surface area contributed by atoms with E-state index in [1.165, 1.54) is 21.2 Å². The van der Waals surface area contributed by atoms with Crippen molar-refractivity contribution >= 4 is 21.4 Å². The zero-order chi connectivity index (χ0) is 10.8. The molecule has 0 saturated heterocycles. The van der Waals surface area contributed by atoms with Crippen molar-refractivity contribution in [3.8, 4) is 0 Å². The van der Waals surface area contributed by atoms with Crippen LogP contribution in [0, 0.1) is 6.92 Å². The average molecular weight is 219 g/mol. The molecule has 0 fully saturated rings. The number of benzene rings is 1. The van der Waals surface area contributed by atoms with Crippen molar-refractivity contribution < 1.29 is 0 Å². The van der Waals surface area contributed by atoms with Crippen LogP contribution in [0.25, 0.3) is 10.1 Å². The molecular formula is C13H17NS. The van der Waals surface area contributed by atoms with Crippen molar-refractivity contribution in [2.24, 2.45) is 0 Å². The first kappa shape index (κ1) is 10.7. The third kappa shape index (κ3) is 2.21. The van der Waals surface area contributed by atoms with Crippen molar-refractivity contribution in [3.63, 3.8) is 0 Å². The normalized spacial score (nSPS) is 13.3. The number of thiophene rings is 1. The standard InChI is InChI=1S/C13H17NS/c1-9-4-5-13-12(6-9)11(8-15-13)7-10(2)14-3/h4-6,8,10,14H,7H2,1-3H3. The fourth-order valence-corrected chi connectivity index (χ4v) is 2.74. The second-order valence-electron chi connectivity index (χ2n) is 4.15. The first-order valence-corrected chi connectivity index (χ1v) is 6.22. The van der Waals surface area contributed by atoms with Gasteiger partial charge in [0.05, 0.1) is 0 Å². The molecule has 80 valence electrons. The van der Waals surface area contributed by atoms with Crippen LogP contribution in [-0.4, -0.2) is 13.1 Å². The van der Waals surface area contributed by atoms with E-state index >= 15 is 0 Å². The number of nitrogens with one attached hydrogen (secondary N) is 1. The van der Waals surface area contributed by atoms with Gasteiger partial charge in [-0.2, -0.15) is 0 Å². The number of likely N-dealkylation sites (N-methyl/N-ethyl adjacent to an activating group) is 1. The number of hydrogen-bond donors (Lipinski definition) is 1. The maximum absolute atomic E-state index is 3.29. The molecule has 0 radical (unpaired) electrons. The largest absolute Gasteiger partial charge is 0.317 e. The molecule has 2 rings (SSSR count). The van der Waals surface area contributed by atoms with Gasteiger partial charge in [0.15, 0.2) is 0 Å². The monoisotopic (exact) mass is 219 g/mol. The van der Waals surface area contributed by atoms with Gasteiger partial charge in [-0.15, -0.1) is 11.3 Å². The number of rotatable bonds is 3. The predicted molar refractivity (Wildman–Crippen MR) is 68.8 cm³/mol. The molecule has 0 saturated carbocycles. The maximum Gasteiger partial charge on any atom is 0.0345 e. The highest BCUT2D eigenvalue weighted by Gasteiger charge is 2.07. The Morgan fingerprint density at radius 1 is 1.40 bits per heavy atom. The Morgan fingerprint density at radius 2 is 2.20 bits per heavy atom. The van der Waals surface area contributed by atoms with Crippen LogP contribution in [0.1, 0.15) is 18.1 Å². The number of hydrogen-bond acceptors (Lipinski definition) is 2. The maximum atomic E-state index is 3.29. The molecule has 1 nitrogen and oxygen atoms in total. The minimum absolute atomic E-state index is 0.545. The van der Waals surface area contributed by atoms with E-state index in [4.69, 9.17) is 0 Å². The van der Waals surface area contributed by atoms with Crippen LogP contribution >= 0.6 is 11.3 Å². The summed E-state index contributed by atoms with van der Waals surface area (Å²) in [7, 11) is 2.02. The molecule has 0 spiro atoms. The van der Waals surface area contributed by atoms with E-state index in [9.17, 15) is 0 Å². The van der Waals surface area contributed by atoms with Crippen molar-refractivity contribution in [2.45, 2.75) is 26.3 Å². The Morgan fingerprint density at radius 3 is 2.93 bits per heavy atom. The summed E-state index contributed by atoms with van der Waals surface area (Å²) in [6.07, 6.45) is 1.11. The summed E-state index contributed by atoms with van der Waals surface area (Å²) in [6.45, 7) is 4.38. The third-order valence-electron chi connectivity index (χ3n) is 2.83. The molecular weight excluding hydrogens is 202 g/mol. The molecule has 15 heavy (non-hydrogen) atoms. The van der Waals surface area contributed by atoms with Gasteiger partial charge in [0.2, 0.25) is 0 Å². The van der Waals surface area contributed by atoms with E-state index in [2.05, 4.69) is 42.7 Å². The first-order chi connectivity index (χ1) is 7.20. The average Bonchev–Trinajstić information content (AvgIpc) is 2.61. The van der Waals surface area contributed by atoms with Gasteiger partial charge in [-0.3, -0.25) is 0 Å². The lowest BCUT2D eigenvalue weighted by atomic mass is 10.0. The molecule has 1 N–H and O–H groups in total. The molecule has 1 aromatic carbocycles.